The minimum atomic E-state index is -0.170. The van der Waals surface area contributed by atoms with Crippen LogP contribution in [0.25, 0.3) is 0 Å². The summed E-state index contributed by atoms with van der Waals surface area (Å²) in [6.45, 7) is 2.39. The van der Waals surface area contributed by atoms with Crippen LogP contribution in [0.2, 0.25) is 0 Å². The normalized spacial score (nSPS) is 37.9. The molecule has 1 aliphatic carbocycles. The maximum Gasteiger partial charge on any atom is 0.219 e. The van der Waals surface area contributed by atoms with Crippen molar-refractivity contribution in [2.24, 2.45) is 5.92 Å². The molecule has 0 radical (unpaired) electrons. The van der Waals surface area contributed by atoms with Crippen molar-refractivity contribution in [2.45, 2.75) is 51.2 Å². The van der Waals surface area contributed by atoms with Crippen molar-refractivity contribution in [3.8, 4) is 0 Å². The fourth-order valence-corrected chi connectivity index (χ4v) is 3.02. The lowest BCUT2D eigenvalue weighted by Crippen LogP contribution is -2.54. The number of amides is 1. The van der Waals surface area contributed by atoms with Crippen molar-refractivity contribution < 1.29 is 9.90 Å². The van der Waals surface area contributed by atoms with Crippen LogP contribution in [0.1, 0.15) is 39.0 Å². The lowest BCUT2D eigenvalue weighted by molar-refractivity contribution is -0.139. The largest absolute Gasteiger partial charge is 0.393 e. The van der Waals surface area contributed by atoms with Crippen LogP contribution < -0.4 is 0 Å². The minimum absolute atomic E-state index is 0.170. The standard InChI is InChI=1S/C11H19NO2/c1-8(13)12-7-6-11(14)9-4-2-3-5-10(9)12/h9-11,14H,2-7H2,1H3/t9-,10-,11-/m0/s1. The van der Waals surface area contributed by atoms with E-state index in [4.69, 9.17) is 0 Å². The number of hydrogen-bond acceptors (Lipinski definition) is 2. The van der Waals surface area contributed by atoms with E-state index in [9.17, 15) is 9.90 Å². The molecule has 2 rings (SSSR count). The molecular weight excluding hydrogens is 178 g/mol. The predicted molar refractivity (Wildman–Crippen MR) is 53.8 cm³/mol. The van der Waals surface area contributed by atoms with E-state index in [1.54, 1.807) is 6.92 Å². The molecule has 3 nitrogen and oxygen atoms in total. The van der Waals surface area contributed by atoms with Gasteiger partial charge in [-0.1, -0.05) is 12.8 Å². The van der Waals surface area contributed by atoms with Crippen molar-refractivity contribution in [1.82, 2.24) is 4.90 Å². The third kappa shape index (κ3) is 1.65. The average Bonchev–Trinajstić information content (AvgIpc) is 2.18. The number of nitrogens with zero attached hydrogens (tertiary/aromatic N) is 1. The van der Waals surface area contributed by atoms with Gasteiger partial charge in [0.1, 0.15) is 0 Å². The SMILES string of the molecule is CC(=O)N1CC[C@H](O)[C@H]2CCCC[C@@H]21. The Hall–Kier alpha value is -0.570. The van der Waals surface area contributed by atoms with E-state index >= 15 is 0 Å². The minimum Gasteiger partial charge on any atom is -0.393 e. The molecule has 80 valence electrons. The quantitative estimate of drug-likeness (QED) is 0.633. The zero-order chi connectivity index (χ0) is 10.1. The van der Waals surface area contributed by atoms with Crippen LogP contribution in [-0.2, 0) is 4.79 Å². The Morgan fingerprint density at radius 2 is 2.00 bits per heavy atom. The molecule has 0 aromatic rings. The number of carbonyl (C=O) groups excluding carboxylic acids is 1. The summed E-state index contributed by atoms with van der Waals surface area (Å²) in [5.74, 6) is 0.523. The summed E-state index contributed by atoms with van der Waals surface area (Å²) in [6.07, 6.45) is 5.19. The van der Waals surface area contributed by atoms with Gasteiger partial charge in [-0.05, 0) is 19.3 Å². The molecule has 0 unspecified atom stereocenters. The van der Waals surface area contributed by atoms with Crippen LogP contribution in [0.15, 0.2) is 0 Å². The highest BCUT2D eigenvalue weighted by atomic mass is 16.3. The first-order valence-corrected chi connectivity index (χ1v) is 5.65. The van der Waals surface area contributed by atoms with Crippen LogP contribution in [0.4, 0.5) is 0 Å². The summed E-state index contributed by atoms with van der Waals surface area (Å²) in [7, 11) is 0. The Bertz CT molecular complexity index is 229. The highest BCUT2D eigenvalue weighted by molar-refractivity contribution is 5.73. The number of piperidine rings is 1. The van der Waals surface area contributed by atoms with Crippen molar-refractivity contribution in [3.05, 3.63) is 0 Å². The number of rotatable bonds is 0. The second kappa shape index (κ2) is 3.89. The molecule has 14 heavy (non-hydrogen) atoms. The Balaban J connectivity index is 2.12. The fraction of sp³-hybridized carbons (Fsp3) is 0.909. The maximum atomic E-state index is 11.4. The van der Waals surface area contributed by atoms with Crippen LogP contribution in [0.3, 0.4) is 0 Å². The monoisotopic (exact) mass is 197 g/mol. The van der Waals surface area contributed by atoms with Crippen LogP contribution >= 0.6 is 0 Å². The first-order chi connectivity index (χ1) is 6.70. The Labute approximate surface area is 85.1 Å². The van der Waals surface area contributed by atoms with E-state index in [1.165, 1.54) is 12.8 Å². The number of carbonyl (C=O) groups is 1. The summed E-state index contributed by atoms with van der Waals surface area (Å²) in [5, 5.41) is 9.87. The van der Waals surface area contributed by atoms with Gasteiger partial charge in [0, 0.05) is 25.4 Å². The molecule has 2 aliphatic rings. The van der Waals surface area contributed by atoms with Gasteiger partial charge in [-0.25, -0.2) is 0 Å². The molecule has 1 N–H and O–H groups in total. The average molecular weight is 197 g/mol. The lowest BCUT2D eigenvalue weighted by Gasteiger charge is -2.46. The van der Waals surface area contributed by atoms with Gasteiger partial charge in [0.15, 0.2) is 0 Å². The lowest BCUT2D eigenvalue weighted by atomic mass is 9.76. The zero-order valence-corrected chi connectivity index (χ0v) is 8.78. The van der Waals surface area contributed by atoms with Crippen molar-refractivity contribution in [3.63, 3.8) is 0 Å². The molecule has 1 amide bonds. The molecule has 0 bridgehead atoms. The number of aliphatic hydroxyl groups is 1. The van der Waals surface area contributed by atoms with Gasteiger partial charge in [-0.3, -0.25) is 4.79 Å². The predicted octanol–water partition coefficient (Wildman–Crippen LogP) is 1.16. The smallest absolute Gasteiger partial charge is 0.219 e. The van der Waals surface area contributed by atoms with Gasteiger partial charge in [0.25, 0.3) is 0 Å². The molecule has 0 aromatic carbocycles. The molecular formula is C11H19NO2. The second-order valence-corrected chi connectivity index (χ2v) is 4.58. The third-order valence-electron chi connectivity index (χ3n) is 3.75. The Morgan fingerprint density at radius 3 is 2.71 bits per heavy atom. The second-order valence-electron chi connectivity index (χ2n) is 4.58. The number of likely N-dealkylation sites (tertiary alicyclic amines) is 1. The summed E-state index contributed by atoms with van der Waals surface area (Å²) >= 11 is 0. The highest BCUT2D eigenvalue weighted by Gasteiger charge is 2.39. The summed E-state index contributed by atoms with van der Waals surface area (Å²) in [5.41, 5.74) is 0. The first-order valence-electron chi connectivity index (χ1n) is 5.65. The van der Waals surface area contributed by atoms with E-state index in [-0.39, 0.29) is 12.0 Å². The van der Waals surface area contributed by atoms with Crippen LogP contribution in [-0.4, -0.2) is 34.6 Å². The summed E-state index contributed by atoms with van der Waals surface area (Å²) in [4.78, 5) is 13.4. The third-order valence-corrected chi connectivity index (χ3v) is 3.75. The highest BCUT2D eigenvalue weighted by Crippen LogP contribution is 2.35. The number of fused-ring (bicyclic) bond motifs is 1. The van der Waals surface area contributed by atoms with Gasteiger partial charge in [0.05, 0.1) is 6.10 Å². The molecule has 1 aliphatic heterocycles. The summed E-state index contributed by atoms with van der Waals surface area (Å²) in [6, 6.07) is 0.324. The van der Waals surface area contributed by atoms with Crippen molar-refractivity contribution in [1.29, 1.82) is 0 Å². The van der Waals surface area contributed by atoms with Gasteiger partial charge < -0.3 is 10.0 Å². The van der Waals surface area contributed by atoms with Gasteiger partial charge >= 0.3 is 0 Å². The van der Waals surface area contributed by atoms with Gasteiger partial charge in [-0.2, -0.15) is 0 Å². The van der Waals surface area contributed by atoms with E-state index in [0.29, 0.717) is 12.0 Å². The van der Waals surface area contributed by atoms with Gasteiger partial charge in [0.2, 0.25) is 5.91 Å². The summed E-state index contributed by atoms with van der Waals surface area (Å²) < 4.78 is 0. The molecule has 1 heterocycles. The Kier molecular flexibility index (Phi) is 2.77. The molecule has 1 saturated carbocycles. The molecule has 3 heteroatoms. The van der Waals surface area contributed by atoms with E-state index < -0.39 is 0 Å². The van der Waals surface area contributed by atoms with Crippen LogP contribution in [0, 0.1) is 5.92 Å². The van der Waals surface area contributed by atoms with Crippen molar-refractivity contribution >= 4 is 5.91 Å². The molecule has 2 fully saturated rings. The molecule has 3 atom stereocenters. The van der Waals surface area contributed by atoms with Gasteiger partial charge in [-0.15, -0.1) is 0 Å². The number of hydrogen-bond donors (Lipinski definition) is 1. The molecule has 0 aromatic heterocycles. The first kappa shape index (κ1) is 9.97. The van der Waals surface area contributed by atoms with E-state index in [1.807, 2.05) is 4.90 Å². The molecule has 1 saturated heterocycles. The van der Waals surface area contributed by atoms with E-state index in [0.717, 1.165) is 25.8 Å². The van der Waals surface area contributed by atoms with Crippen molar-refractivity contribution in [2.75, 3.05) is 6.54 Å². The maximum absolute atomic E-state index is 11.4. The molecule has 0 spiro atoms. The fourth-order valence-electron chi connectivity index (χ4n) is 3.02. The van der Waals surface area contributed by atoms with E-state index in [2.05, 4.69) is 0 Å². The topological polar surface area (TPSA) is 40.5 Å². The Morgan fingerprint density at radius 1 is 1.29 bits per heavy atom. The zero-order valence-electron chi connectivity index (χ0n) is 8.78. The number of aliphatic hydroxyl groups excluding tert-OH is 1. The van der Waals surface area contributed by atoms with Crippen LogP contribution in [0.5, 0.6) is 0 Å².